The Hall–Kier alpha value is -0.0800. The van der Waals surface area contributed by atoms with Crippen LogP contribution in [0.1, 0.15) is 71.1 Å². The van der Waals surface area contributed by atoms with Crippen LogP contribution in [0.2, 0.25) is 0 Å². The smallest absolute Gasteiger partial charge is 0.107 e. The van der Waals surface area contributed by atoms with E-state index in [-0.39, 0.29) is 12.2 Å². The van der Waals surface area contributed by atoms with Gasteiger partial charge in [0.1, 0.15) is 6.10 Å². The average Bonchev–Trinajstić information content (AvgIpc) is 3.10. The summed E-state index contributed by atoms with van der Waals surface area (Å²) in [6, 6.07) is 0. The highest BCUT2D eigenvalue weighted by Crippen LogP contribution is 2.19. The second-order valence-electron chi connectivity index (χ2n) is 5.06. The number of hydrogen-bond donors (Lipinski definition) is 1. The summed E-state index contributed by atoms with van der Waals surface area (Å²) < 4.78 is 5.05. The molecule has 0 amide bonds. The van der Waals surface area contributed by atoms with Crippen LogP contribution < -0.4 is 0 Å². The fourth-order valence-corrected chi connectivity index (χ4v) is 2.13. The number of aliphatic hydroxyl groups excluding tert-OH is 1. The first-order chi connectivity index (χ1) is 7.84. The number of aliphatic hydroxyl groups is 1. The molecule has 0 aromatic rings. The van der Waals surface area contributed by atoms with Crippen LogP contribution in [0, 0.1) is 0 Å². The zero-order chi connectivity index (χ0) is 11.6. The van der Waals surface area contributed by atoms with Gasteiger partial charge in [-0.15, -0.1) is 0 Å². The second-order valence-corrected chi connectivity index (χ2v) is 5.06. The van der Waals surface area contributed by atoms with Crippen molar-refractivity contribution in [2.75, 3.05) is 6.61 Å². The summed E-state index contributed by atoms with van der Waals surface area (Å²) in [5.74, 6) is 0. The molecule has 0 aromatic carbocycles. The lowest BCUT2D eigenvalue weighted by Crippen LogP contribution is -2.13. The maximum atomic E-state index is 9.56. The van der Waals surface area contributed by atoms with Gasteiger partial charge in [0.15, 0.2) is 0 Å². The van der Waals surface area contributed by atoms with Crippen LogP contribution >= 0.6 is 0 Å². The average molecular weight is 228 g/mol. The third-order valence-corrected chi connectivity index (χ3v) is 3.39. The van der Waals surface area contributed by atoms with Gasteiger partial charge in [0.2, 0.25) is 0 Å². The highest BCUT2D eigenvalue weighted by molar-refractivity contribution is 4.77. The molecule has 1 saturated heterocycles. The molecule has 0 saturated carbocycles. The molecule has 16 heavy (non-hydrogen) atoms. The zero-order valence-electron chi connectivity index (χ0n) is 10.8. The minimum atomic E-state index is -0.190. The van der Waals surface area contributed by atoms with Crippen molar-refractivity contribution >= 4 is 0 Å². The van der Waals surface area contributed by atoms with Gasteiger partial charge in [-0.05, 0) is 6.42 Å². The first kappa shape index (κ1) is 14.0. The van der Waals surface area contributed by atoms with Crippen molar-refractivity contribution in [3.8, 4) is 0 Å². The summed E-state index contributed by atoms with van der Waals surface area (Å²) in [5, 5.41) is 9.56. The summed E-state index contributed by atoms with van der Waals surface area (Å²) in [4.78, 5) is 0. The molecule has 1 rings (SSSR count). The molecule has 1 aliphatic heterocycles. The Morgan fingerprint density at radius 1 is 1.00 bits per heavy atom. The van der Waals surface area contributed by atoms with E-state index in [1.165, 1.54) is 51.4 Å². The van der Waals surface area contributed by atoms with E-state index in [0.717, 1.165) is 19.4 Å². The molecule has 0 bridgehead atoms. The molecule has 1 fully saturated rings. The van der Waals surface area contributed by atoms with E-state index in [2.05, 4.69) is 6.92 Å². The summed E-state index contributed by atoms with van der Waals surface area (Å²) in [7, 11) is 0. The maximum Gasteiger partial charge on any atom is 0.107 e. The molecule has 0 aromatic heterocycles. The SMILES string of the molecule is CCCCCCCCCCCC(O)C1CO1. The Labute approximate surface area is 100 Å². The van der Waals surface area contributed by atoms with Gasteiger partial charge in [-0.2, -0.15) is 0 Å². The summed E-state index contributed by atoms with van der Waals surface area (Å²) >= 11 is 0. The highest BCUT2D eigenvalue weighted by Gasteiger charge is 2.30. The molecule has 0 spiro atoms. The van der Waals surface area contributed by atoms with E-state index >= 15 is 0 Å². The predicted molar refractivity (Wildman–Crippen MR) is 67.6 cm³/mol. The monoisotopic (exact) mass is 228 g/mol. The van der Waals surface area contributed by atoms with Crippen molar-refractivity contribution in [3.05, 3.63) is 0 Å². The number of epoxide rings is 1. The van der Waals surface area contributed by atoms with E-state index in [0.29, 0.717) is 0 Å². The fourth-order valence-electron chi connectivity index (χ4n) is 2.13. The van der Waals surface area contributed by atoms with Crippen LogP contribution in [0.5, 0.6) is 0 Å². The Balaban J connectivity index is 1.71. The second kappa shape index (κ2) is 9.00. The van der Waals surface area contributed by atoms with Crippen molar-refractivity contribution in [3.63, 3.8) is 0 Å². The van der Waals surface area contributed by atoms with Crippen molar-refractivity contribution in [1.82, 2.24) is 0 Å². The Morgan fingerprint density at radius 3 is 2.00 bits per heavy atom. The highest BCUT2D eigenvalue weighted by atomic mass is 16.6. The van der Waals surface area contributed by atoms with Gasteiger partial charge < -0.3 is 9.84 Å². The van der Waals surface area contributed by atoms with Crippen LogP contribution in [0.3, 0.4) is 0 Å². The number of rotatable bonds is 11. The molecule has 1 heterocycles. The van der Waals surface area contributed by atoms with Crippen molar-refractivity contribution in [2.24, 2.45) is 0 Å². The third-order valence-electron chi connectivity index (χ3n) is 3.39. The van der Waals surface area contributed by atoms with Gasteiger partial charge in [-0.1, -0.05) is 64.7 Å². The van der Waals surface area contributed by atoms with Crippen LogP contribution in [0.4, 0.5) is 0 Å². The lowest BCUT2D eigenvalue weighted by Gasteiger charge is -2.06. The van der Waals surface area contributed by atoms with Crippen molar-refractivity contribution < 1.29 is 9.84 Å². The van der Waals surface area contributed by atoms with Gasteiger partial charge >= 0.3 is 0 Å². The molecule has 1 aliphatic rings. The fraction of sp³-hybridized carbons (Fsp3) is 1.00. The zero-order valence-corrected chi connectivity index (χ0v) is 10.8. The third kappa shape index (κ3) is 7.24. The molecular weight excluding hydrogens is 200 g/mol. The lowest BCUT2D eigenvalue weighted by atomic mass is 10.0. The first-order valence-electron chi connectivity index (χ1n) is 7.14. The molecule has 2 unspecified atom stereocenters. The molecular formula is C14H28O2. The quantitative estimate of drug-likeness (QED) is 0.432. The maximum absolute atomic E-state index is 9.56. The van der Waals surface area contributed by atoms with Crippen LogP contribution in [0.25, 0.3) is 0 Å². The van der Waals surface area contributed by atoms with E-state index in [1.807, 2.05) is 0 Å². The molecule has 0 aliphatic carbocycles. The van der Waals surface area contributed by atoms with Crippen molar-refractivity contribution in [1.29, 1.82) is 0 Å². The molecule has 96 valence electrons. The van der Waals surface area contributed by atoms with Crippen molar-refractivity contribution in [2.45, 2.75) is 83.3 Å². The van der Waals surface area contributed by atoms with Crippen LogP contribution in [-0.4, -0.2) is 23.9 Å². The topological polar surface area (TPSA) is 32.8 Å². The van der Waals surface area contributed by atoms with E-state index in [1.54, 1.807) is 0 Å². The number of unbranched alkanes of at least 4 members (excludes halogenated alkanes) is 8. The van der Waals surface area contributed by atoms with E-state index < -0.39 is 0 Å². The van der Waals surface area contributed by atoms with E-state index in [9.17, 15) is 5.11 Å². The summed E-state index contributed by atoms with van der Waals surface area (Å²) in [6.45, 7) is 3.04. The molecule has 2 nitrogen and oxygen atoms in total. The number of hydrogen-bond acceptors (Lipinski definition) is 2. The van der Waals surface area contributed by atoms with Gasteiger partial charge in [0, 0.05) is 0 Å². The van der Waals surface area contributed by atoms with E-state index in [4.69, 9.17) is 4.74 Å². The normalized spacial score (nSPS) is 21.0. The van der Waals surface area contributed by atoms with Crippen LogP contribution in [-0.2, 0) is 4.74 Å². The minimum Gasteiger partial charge on any atom is -0.390 e. The Kier molecular flexibility index (Phi) is 7.87. The van der Waals surface area contributed by atoms with Gasteiger partial charge in [0.05, 0.1) is 12.7 Å². The predicted octanol–water partition coefficient (Wildman–Crippen LogP) is 3.67. The summed E-state index contributed by atoms with van der Waals surface area (Å²) in [5.41, 5.74) is 0. The lowest BCUT2D eigenvalue weighted by molar-refractivity contribution is 0.123. The first-order valence-corrected chi connectivity index (χ1v) is 7.14. The largest absolute Gasteiger partial charge is 0.390 e. The molecule has 0 radical (unpaired) electrons. The molecule has 2 heteroatoms. The Morgan fingerprint density at radius 2 is 1.50 bits per heavy atom. The van der Waals surface area contributed by atoms with Gasteiger partial charge in [-0.25, -0.2) is 0 Å². The van der Waals surface area contributed by atoms with Gasteiger partial charge in [-0.3, -0.25) is 0 Å². The Bertz CT molecular complexity index is 155. The number of ether oxygens (including phenoxy) is 1. The van der Waals surface area contributed by atoms with Gasteiger partial charge in [0.25, 0.3) is 0 Å². The minimum absolute atomic E-state index is 0.175. The van der Waals surface area contributed by atoms with Crippen LogP contribution in [0.15, 0.2) is 0 Å². The summed E-state index contributed by atoms with van der Waals surface area (Å²) in [6.07, 6.45) is 13.0. The molecule has 1 N–H and O–H groups in total. The standard InChI is InChI=1S/C14H28O2/c1-2-3-4-5-6-7-8-9-10-11-13(15)14-12-16-14/h13-15H,2-12H2,1H3. The molecule has 2 atom stereocenters.